The summed E-state index contributed by atoms with van der Waals surface area (Å²) in [6, 6.07) is 15.0. The first-order valence-electron chi connectivity index (χ1n) is 7.73. The average Bonchev–Trinajstić information content (AvgIpc) is 3.08. The van der Waals surface area contributed by atoms with Crippen LogP contribution in [0.3, 0.4) is 0 Å². The molecule has 0 spiro atoms. The molecule has 0 unspecified atom stereocenters. The van der Waals surface area contributed by atoms with Gasteiger partial charge >= 0.3 is 0 Å². The van der Waals surface area contributed by atoms with Crippen molar-refractivity contribution in [1.29, 1.82) is 0 Å². The molecule has 0 aliphatic heterocycles. The molecule has 25 heavy (non-hydrogen) atoms. The molecule has 2 aromatic carbocycles. The lowest BCUT2D eigenvalue weighted by molar-refractivity contribution is -0.123. The lowest BCUT2D eigenvalue weighted by Gasteiger charge is -2.10. The van der Waals surface area contributed by atoms with Crippen LogP contribution in [0.2, 0.25) is 5.02 Å². The first-order chi connectivity index (χ1) is 12.1. The molecule has 0 saturated carbocycles. The Morgan fingerprint density at radius 1 is 1.24 bits per heavy atom. The van der Waals surface area contributed by atoms with Crippen molar-refractivity contribution in [2.75, 3.05) is 6.61 Å². The third-order valence-corrected chi connectivity index (χ3v) is 3.83. The Balaban J connectivity index is 1.56. The maximum Gasteiger partial charge on any atom is 0.258 e. The normalized spacial score (nSPS) is 10.5. The van der Waals surface area contributed by atoms with Crippen molar-refractivity contribution in [3.8, 4) is 11.4 Å². The second-order valence-electron chi connectivity index (χ2n) is 5.43. The number of hydrogen-bond acceptors (Lipinski definition) is 4. The molecule has 7 heteroatoms. The van der Waals surface area contributed by atoms with Crippen LogP contribution in [0.25, 0.3) is 5.69 Å². The second kappa shape index (κ2) is 7.81. The van der Waals surface area contributed by atoms with Crippen molar-refractivity contribution in [2.45, 2.75) is 13.5 Å². The van der Waals surface area contributed by atoms with Gasteiger partial charge in [0.15, 0.2) is 12.4 Å². The van der Waals surface area contributed by atoms with Crippen molar-refractivity contribution in [1.82, 2.24) is 20.1 Å². The van der Waals surface area contributed by atoms with Gasteiger partial charge in [-0.25, -0.2) is 0 Å². The van der Waals surface area contributed by atoms with Gasteiger partial charge in [-0.05, 0) is 42.8 Å². The van der Waals surface area contributed by atoms with E-state index in [-0.39, 0.29) is 19.1 Å². The number of rotatable bonds is 6. The van der Waals surface area contributed by atoms with E-state index in [9.17, 15) is 4.79 Å². The number of carbonyl (C=O) groups excluding carboxylic acids is 1. The van der Waals surface area contributed by atoms with E-state index >= 15 is 0 Å². The highest BCUT2D eigenvalue weighted by molar-refractivity contribution is 6.30. The van der Waals surface area contributed by atoms with E-state index in [4.69, 9.17) is 16.3 Å². The monoisotopic (exact) mass is 356 g/mol. The number of benzene rings is 2. The topological polar surface area (TPSA) is 69.0 Å². The van der Waals surface area contributed by atoms with Gasteiger partial charge in [-0.3, -0.25) is 9.36 Å². The van der Waals surface area contributed by atoms with E-state index in [1.54, 1.807) is 24.5 Å². The number of ether oxygens (including phenoxy) is 1. The van der Waals surface area contributed by atoms with Crippen molar-refractivity contribution < 1.29 is 9.53 Å². The smallest absolute Gasteiger partial charge is 0.258 e. The summed E-state index contributed by atoms with van der Waals surface area (Å²) in [4.78, 5) is 12.0. The molecule has 0 radical (unpaired) electrons. The fourth-order valence-electron chi connectivity index (χ4n) is 2.33. The second-order valence-corrected chi connectivity index (χ2v) is 5.86. The van der Waals surface area contributed by atoms with E-state index in [0.717, 1.165) is 11.3 Å². The minimum absolute atomic E-state index is 0.0814. The van der Waals surface area contributed by atoms with E-state index < -0.39 is 0 Å². The number of hydrogen-bond donors (Lipinski definition) is 1. The Bertz CT molecular complexity index is 865. The summed E-state index contributed by atoms with van der Waals surface area (Å²) < 4.78 is 7.35. The van der Waals surface area contributed by atoms with Gasteiger partial charge in [0.25, 0.3) is 5.91 Å². The summed E-state index contributed by atoms with van der Waals surface area (Å²) in [5.74, 6) is 1.03. The van der Waals surface area contributed by atoms with Crippen LogP contribution >= 0.6 is 11.6 Å². The molecular weight excluding hydrogens is 340 g/mol. The van der Waals surface area contributed by atoms with Crippen LogP contribution in [-0.2, 0) is 11.3 Å². The van der Waals surface area contributed by atoms with Crippen molar-refractivity contribution in [2.24, 2.45) is 0 Å². The quantitative estimate of drug-likeness (QED) is 0.737. The summed E-state index contributed by atoms with van der Waals surface area (Å²) in [5.41, 5.74) is 1.81. The molecular formula is C18H17ClN4O2. The van der Waals surface area contributed by atoms with Crippen LogP contribution in [0.15, 0.2) is 54.9 Å². The number of carbonyl (C=O) groups is 1. The molecule has 0 saturated heterocycles. The number of aromatic nitrogens is 3. The van der Waals surface area contributed by atoms with Crippen LogP contribution in [0, 0.1) is 6.92 Å². The molecule has 3 rings (SSSR count). The predicted molar refractivity (Wildman–Crippen MR) is 94.9 cm³/mol. The van der Waals surface area contributed by atoms with Crippen LogP contribution in [0.1, 0.15) is 11.4 Å². The Morgan fingerprint density at radius 3 is 2.80 bits per heavy atom. The highest BCUT2D eigenvalue weighted by Gasteiger charge is 2.09. The third kappa shape index (κ3) is 4.36. The first-order valence-corrected chi connectivity index (χ1v) is 8.11. The van der Waals surface area contributed by atoms with E-state index in [1.807, 2.05) is 41.8 Å². The Labute approximate surface area is 150 Å². The zero-order chi connectivity index (χ0) is 17.6. The summed E-state index contributed by atoms with van der Waals surface area (Å²) in [6.07, 6.45) is 1.62. The molecule has 0 aliphatic carbocycles. The molecule has 0 atom stereocenters. The summed E-state index contributed by atoms with van der Waals surface area (Å²) in [7, 11) is 0. The maximum atomic E-state index is 12.0. The number of halogens is 1. The van der Waals surface area contributed by atoms with Gasteiger partial charge in [-0.15, -0.1) is 10.2 Å². The standard InChI is InChI=1S/C18H17ClN4O2/c1-13-9-14(19)7-8-16(13)25-11-18(24)20-10-17-22-21-12-23(17)15-5-3-2-4-6-15/h2-9,12H,10-11H2,1H3,(H,20,24). The van der Waals surface area contributed by atoms with Crippen LogP contribution in [0.4, 0.5) is 0 Å². The highest BCUT2D eigenvalue weighted by Crippen LogP contribution is 2.21. The van der Waals surface area contributed by atoms with E-state index in [1.165, 1.54) is 0 Å². The molecule has 0 fully saturated rings. The zero-order valence-corrected chi connectivity index (χ0v) is 14.4. The number of nitrogens with one attached hydrogen (secondary N) is 1. The first kappa shape index (κ1) is 17.0. The van der Waals surface area contributed by atoms with Gasteiger partial charge in [0, 0.05) is 10.7 Å². The largest absolute Gasteiger partial charge is 0.484 e. The lowest BCUT2D eigenvalue weighted by atomic mass is 10.2. The molecule has 0 bridgehead atoms. The molecule has 3 aromatic rings. The minimum Gasteiger partial charge on any atom is -0.484 e. The number of nitrogens with zero attached hydrogens (tertiary/aromatic N) is 3. The van der Waals surface area contributed by atoms with Crippen molar-refractivity contribution in [3.63, 3.8) is 0 Å². The maximum absolute atomic E-state index is 12.0. The summed E-state index contributed by atoms with van der Waals surface area (Å²) in [5, 5.41) is 11.4. The average molecular weight is 357 g/mol. The van der Waals surface area contributed by atoms with Gasteiger partial charge in [-0.1, -0.05) is 29.8 Å². The molecule has 1 amide bonds. The van der Waals surface area contributed by atoms with Gasteiger partial charge < -0.3 is 10.1 Å². The zero-order valence-electron chi connectivity index (χ0n) is 13.6. The molecule has 128 valence electrons. The van der Waals surface area contributed by atoms with Crippen molar-refractivity contribution >= 4 is 17.5 Å². The Kier molecular flexibility index (Phi) is 5.30. The van der Waals surface area contributed by atoms with Crippen LogP contribution in [-0.4, -0.2) is 27.3 Å². The summed E-state index contributed by atoms with van der Waals surface area (Å²) in [6.45, 7) is 2.06. The van der Waals surface area contributed by atoms with Crippen LogP contribution < -0.4 is 10.1 Å². The molecule has 1 heterocycles. The Morgan fingerprint density at radius 2 is 2.04 bits per heavy atom. The van der Waals surface area contributed by atoms with Gasteiger partial charge in [0.05, 0.1) is 6.54 Å². The fourth-order valence-corrected chi connectivity index (χ4v) is 2.56. The number of amides is 1. The molecule has 0 aliphatic rings. The van der Waals surface area contributed by atoms with E-state index in [2.05, 4.69) is 15.5 Å². The highest BCUT2D eigenvalue weighted by atomic mass is 35.5. The van der Waals surface area contributed by atoms with Gasteiger partial charge in [0.2, 0.25) is 0 Å². The van der Waals surface area contributed by atoms with Gasteiger partial charge in [0.1, 0.15) is 12.1 Å². The summed E-state index contributed by atoms with van der Waals surface area (Å²) >= 11 is 5.90. The molecule has 6 nitrogen and oxygen atoms in total. The predicted octanol–water partition coefficient (Wildman–Crippen LogP) is 2.92. The number of aryl methyl sites for hydroxylation is 1. The molecule has 1 aromatic heterocycles. The Hall–Kier alpha value is -2.86. The van der Waals surface area contributed by atoms with Crippen molar-refractivity contribution in [3.05, 3.63) is 71.3 Å². The fraction of sp³-hybridized carbons (Fsp3) is 0.167. The minimum atomic E-state index is -0.239. The van der Waals surface area contributed by atoms with E-state index in [0.29, 0.717) is 16.6 Å². The SMILES string of the molecule is Cc1cc(Cl)ccc1OCC(=O)NCc1nncn1-c1ccccc1. The van der Waals surface area contributed by atoms with Crippen LogP contribution in [0.5, 0.6) is 5.75 Å². The lowest BCUT2D eigenvalue weighted by Crippen LogP contribution is -2.29. The number of para-hydroxylation sites is 1. The molecule has 1 N–H and O–H groups in total. The van der Waals surface area contributed by atoms with Gasteiger partial charge in [-0.2, -0.15) is 0 Å². The third-order valence-electron chi connectivity index (χ3n) is 3.59.